The number of esters is 2. The number of carbonyl (C=O) groups is 2. The summed E-state index contributed by atoms with van der Waals surface area (Å²) in [6.07, 6.45) is 2.10. The maximum absolute atomic E-state index is 11.6. The highest BCUT2D eigenvalue weighted by Gasteiger charge is 2.62. The Morgan fingerprint density at radius 3 is 1.93 bits per heavy atom. The van der Waals surface area contributed by atoms with Crippen LogP contribution in [0.5, 0.6) is 0 Å². The first kappa shape index (κ1) is 9.13. The molecule has 3 fully saturated rings. The maximum Gasteiger partial charge on any atom is 0.318 e. The smallest absolute Gasteiger partial charge is 0.318 e. The van der Waals surface area contributed by atoms with Crippen molar-refractivity contribution in [2.24, 2.45) is 23.7 Å². The van der Waals surface area contributed by atoms with Crippen LogP contribution in [0.1, 0.15) is 26.7 Å². The second kappa shape index (κ2) is 2.71. The molecule has 4 atom stereocenters. The van der Waals surface area contributed by atoms with Crippen molar-refractivity contribution < 1.29 is 14.3 Å². The summed E-state index contributed by atoms with van der Waals surface area (Å²) in [6.45, 7) is 4.16. The van der Waals surface area contributed by atoms with Crippen LogP contribution in [0, 0.1) is 23.7 Å². The first-order valence-electron chi connectivity index (χ1n) is 5.54. The maximum atomic E-state index is 11.6. The highest BCUT2D eigenvalue weighted by atomic mass is 16.6. The lowest BCUT2D eigenvalue weighted by Crippen LogP contribution is -2.24. The number of fused-ring (bicyclic) bond motifs is 5. The van der Waals surface area contributed by atoms with E-state index in [1.54, 1.807) is 0 Å². The number of cyclic esters (lactones) is 2. The lowest BCUT2D eigenvalue weighted by atomic mass is 9.81. The average Bonchev–Trinajstić information content (AvgIpc) is 2.77. The number of ether oxygens (including phenoxy) is 1. The number of allylic oxidation sites excluding steroid dienone is 2. The van der Waals surface area contributed by atoms with Gasteiger partial charge in [0.15, 0.2) is 0 Å². The predicted molar refractivity (Wildman–Crippen MR) is 52.7 cm³/mol. The Morgan fingerprint density at radius 1 is 1.07 bits per heavy atom. The van der Waals surface area contributed by atoms with Crippen LogP contribution in [0.15, 0.2) is 11.1 Å². The number of carbonyl (C=O) groups excluding carboxylic acids is 2. The molecular formula is C12H14O3. The summed E-state index contributed by atoms with van der Waals surface area (Å²) in [6, 6.07) is 0. The zero-order chi connectivity index (χ0) is 10.7. The largest absolute Gasteiger partial charge is 0.393 e. The van der Waals surface area contributed by atoms with Crippen LogP contribution in [-0.2, 0) is 14.3 Å². The molecule has 0 unspecified atom stereocenters. The van der Waals surface area contributed by atoms with Crippen molar-refractivity contribution in [1.29, 1.82) is 0 Å². The van der Waals surface area contributed by atoms with Crippen LogP contribution in [0.25, 0.3) is 0 Å². The Balaban J connectivity index is 2.10. The van der Waals surface area contributed by atoms with E-state index >= 15 is 0 Å². The Hall–Kier alpha value is -1.12. The summed E-state index contributed by atoms with van der Waals surface area (Å²) < 4.78 is 4.74. The minimum atomic E-state index is -0.282. The molecule has 1 heterocycles. The van der Waals surface area contributed by atoms with Gasteiger partial charge < -0.3 is 4.74 Å². The van der Waals surface area contributed by atoms with E-state index in [-0.39, 0.29) is 23.8 Å². The van der Waals surface area contributed by atoms with E-state index in [4.69, 9.17) is 4.74 Å². The van der Waals surface area contributed by atoms with E-state index in [2.05, 4.69) is 13.8 Å². The van der Waals surface area contributed by atoms with Crippen molar-refractivity contribution in [2.45, 2.75) is 26.7 Å². The molecule has 1 aliphatic heterocycles. The molecule has 0 N–H and O–H groups in total. The Kier molecular flexibility index (Phi) is 1.65. The number of rotatable bonds is 0. The Labute approximate surface area is 88.5 Å². The van der Waals surface area contributed by atoms with Crippen LogP contribution in [0.3, 0.4) is 0 Å². The monoisotopic (exact) mass is 206 g/mol. The van der Waals surface area contributed by atoms with Crippen molar-refractivity contribution in [3.8, 4) is 0 Å². The van der Waals surface area contributed by atoms with Crippen molar-refractivity contribution in [1.82, 2.24) is 0 Å². The number of hydrogen-bond donors (Lipinski definition) is 0. The van der Waals surface area contributed by atoms with Gasteiger partial charge in [0.2, 0.25) is 0 Å². The van der Waals surface area contributed by atoms with Gasteiger partial charge in [0.1, 0.15) is 0 Å². The molecular weight excluding hydrogens is 192 g/mol. The van der Waals surface area contributed by atoms with Crippen LogP contribution in [-0.4, -0.2) is 11.9 Å². The summed E-state index contributed by atoms with van der Waals surface area (Å²) in [5.74, 6) is -0.276. The number of hydrogen-bond acceptors (Lipinski definition) is 3. The SMILES string of the molecule is CC(C)=C1[C@H]2CC[C@H]1[C@H]1C(=O)OC(=O)[C@@H]12. The van der Waals surface area contributed by atoms with E-state index in [9.17, 15) is 9.59 Å². The quantitative estimate of drug-likeness (QED) is 0.344. The van der Waals surface area contributed by atoms with E-state index in [1.807, 2.05) is 0 Å². The molecule has 0 amide bonds. The molecule has 15 heavy (non-hydrogen) atoms. The van der Waals surface area contributed by atoms with Crippen LogP contribution < -0.4 is 0 Å². The average molecular weight is 206 g/mol. The van der Waals surface area contributed by atoms with Crippen LogP contribution in [0.4, 0.5) is 0 Å². The molecule has 3 nitrogen and oxygen atoms in total. The van der Waals surface area contributed by atoms with Gasteiger partial charge in [-0.2, -0.15) is 0 Å². The van der Waals surface area contributed by atoms with Gasteiger partial charge in [0, 0.05) is 0 Å². The van der Waals surface area contributed by atoms with Gasteiger partial charge in [-0.05, 0) is 38.5 Å². The molecule has 0 radical (unpaired) electrons. The molecule has 1 saturated heterocycles. The summed E-state index contributed by atoms with van der Waals surface area (Å²) >= 11 is 0. The van der Waals surface area contributed by atoms with E-state index in [0.29, 0.717) is 11.8 Å². The zero-order valence-corrected chi connectivity index (χ0v) is 8.95. The lowest BCUT2D eigenvalue weighted by Gasteiger charge is -2.16. The highest BCUT2D eigenvalue weighted by molar-refractivity contribution is 5.98. The molecule has 80 valence electrons. The fraction of sp³-hybridized carbons (Fsp3) is 0.667. The third kappa shape index (κ3) is 0.959. The minimum Gasteiger partial charge on any atom is -0.393 e. The topological polar surface area (TPSA) is 43.4 Å². The first-order chi connectivity index (χ1) is 7.11. The van der Waals surface area contributed by atoms with Gasteiger partial charge in [-0.3, -0.25) is 9.59 Å². The third-order valence-electron chi connectivity index (χ3n) is 4.16. The predicted octanol–water partition coefficient (Wildman–Crippen LogP) is 1.68. The molecule has 0 aromatic heterocycles. The first-order valence-corrected chi connectivity index (χ1v) is 5.54. The molecule has 2 saturated carbocycles. The van der Waals surface area contributed by atoms with Crippen LogP contribution in [0.2, 0.25) is 0 Å². The fourth-order valence-electron chi connectivity index (χ4n) is 3.79. The molecule has 2 aliphatic carbocycles. The normalized spacial score (nSPS) is 42.1. The van der Waals surface area contributed by atoms with Gasteiger partial charge >= 0.3 is 11.9 Å². The molecule has 3 rings (SSSR count). The second-order valence-corrected chi connectivity index (χ2v) is 5.04. The molecule has 0 aromatic rings. The van der Waals surface area contributed by atoms with Gasteiger partial charge in [-0.25, -0.2) is 0 Å². The van der Waals surface area contributed by atoms with E-state index < -0.39 is 0 Å². The van der Waals surface area contributed by atoms with Crippen molar-refractivity contribution in [3.63, 3.8) is 0 Å². The highest BCUT2D eigenvalue weighted by Crippen LogP contribution is 2.59. The summed E-state index contributed by atoms with van der Waals surface area (Å²) in [5, 5.41) is 0. The van der Waals surface area contributed by atoms with Crippen molar-refractivity contribution in [3.05, 3.63) is 11.1 Å². The summed E-state index contributed by atoms with van der Waals surface area (Å²) in [7, 11) is 0. The molecule has 3 aliphatic rings. The fourth-order valence-corrected chi connectivity index (χ4v) is 3.79. The van der Waals surface area contributed by atoms with E-state index in [1.165, 1.54) is 11.1 Å². The Morgan fingerprint density at radius 2 is 1.53 bits per heavy atom. The standard InChI is InChI=1S/C12H14O3/c1-5(2)8-6-3-4-7(8)10-9(6)11(13)15-12(10)14/h6-7,9-10H,3-4H2,1-2H3/t6-,7-,9-,10-/m1/s1. The lowest BCUT2D eigenvalue weighted by molar-refractivity contribution is -0.154. The van der Waals surface area contributed by atoms with Gasteiger partial charge in [-0.15, -0.1) is 0 Å². The van der Waals surface area contributed by atoms with Crippen molar-refractivity contribution in [2.75, 3.05) is 0 Å². The van der Waals surface area contributed by atoms with Gasteiger partial charge in [0.25, 0.3) is 0 Å². The third-order valence-corrected chi connectivity index (χ3v) is 4.16. The Bertz CT molecular complexity index is 360. The van der Waals surface area contributed by atoms with Gasteiger partial charge in [-0.1, -0.05) is 11.1 Å². The van der Waals surface area contributed by atoms with Gasteiger partial charge in [0.05, 0.1) is 11.8 Å². The summed E-state index contributed by atoms with van der Waals surface area (Å²) in [4.78, 5) is 23.1. The zero-order valence-electron chi connectivity index (χ0n) is 8.95. The minimum absolute atomic E-state index is 0.152. The van der Waals surface area contributed by atoms with E-state index in [0.717, 1.165) is 12.8 Å². The molecule has 3 heteroatoms. The molecule has 0 aromatic carbocycles. The molecule has 0 spiro atoms. The van der Waals surface area contributed by atoms with Crippen molar-refractivity contribution >= 4 is 11.9 Å². The molecule has 2 bridgehead atoms. The second-order valence-electron chi connectivity index (χ2n) is 5.04. The summed E-state index contributed by atoms with van der Waals surface area (Å²) in [5.41, 5.74) is 2.66. The van der Waals surface area contributed by atoms with Crippen LogP contribution >= 0.6 is 0 Å².